The van der Waals surface area contributed by atoms with Crippen LogP contribution in [0.25, 0.3) is 0 Å². The molecule has 2 amide bonds. The third-order valence-corrected chi connectivity index (χ3v) is 7.76. The van der Waals surface area contributed by atoms with Crippen LogP contribution in [0.5, 0.6) is 5.75 Å². The number of fused-ring (bicyclic) bond motifs is 1. The van der Waals surface area contributed by atoms with Crippen molar-refractivity contribution in [3.8, 4) is 5.75 Å². The van der Waals surface area contributed by atoms with Crippen LogP contribution in [0.4, 0.5) is 0 Å². The summed E-state index contributed by atoms with van der Waals surface area (Å²) in [6, 6.07) is 12.3. The molecule has 7 nitrogen and oxygen atoms in total. The monoisotopic (exact) mass is 456 g/mol. The largest absolute Gasteiger partial charge is 0.495 e. The van der Waals surface area contributed by atoms with E-state index in [0.29, 0.717) is 5.56 Å². The molecule has 1 aliphatic heterocycles. The molecule has 0 unspecified atom stereocenters. The van der Waals surface area contributed by atoms with Gasteiger partial charge in [0.25, 0.3) is 0 Å². The second-order valence-electron chi connectivity index (χ2n) is 8.56. The van der Waals surface area contributed by atoms with Gasteiger partial charge in [-0.2, -0.15) is 0 Å². The van der Waals surface area contributed by atoms with E-state index in [0.717, 1.165) is 36.8 Å². The highest BCUT2D eigenvalue weighted by Gasteiger charge is 2.47. The number of imide groups is 1. The van der Waals surface area contributed by atoms with E-state index in [-0.39, 0.29) is 47.4 Å². The zero-order valence-electron chi connectivity index (χ0n) is 18.3. The van der Waals surface area contributed by atoms with Crippen LogP contribution in [0.3, 0.4) is 0 Å². The lowest BCUT2D eigenvalue weighted by molar-refractivity contribution is -0.140. The standard InChI is InChI=1S/C24H28N2O5S/c1-16-6-5-7-17(12-16)14-25-32(29,30)22-13-18(10-11-21(22)31-2)15-26-23(27)19-8-3-4-9-20(19)24(26)28/h5-7,10-13,19-20,25H,3-4,8-9,14-15H2,1-2H3/t19-,20-/m0/s1. The average Bonchev–Trinajstić information content (AvgIpc) is 3.03. The number of carbonyl (C=O) groups excluding carboxylic acids is 2. The van der Waals surface area contributed by atoms with Crippen molar-refractivity contribution in [2.75, 3.05) is 7.11 Å². The fourth-order valence-electron chi connectivity index (χ4n) is 4.68. The van der Waals surface area contributed by atoms with E-state index < -0.39 is 10.0 Å². The van der Waals surface area contributed by atoms with Crippen LogP contribution in [0.2, 0.25) is 0 Å². The summed E-state index contributed by atoms with van der Waals surface area (Å²) in [6.45, 7) is 2.15. The molecule has 8 heteroatoms. The van der Waals surface area contributed by atoms with Crippen LogP contribution < -0.4 is 9.46 Å². The summed E-state index contributed by atoms with van der Waals surface area (Å²) in [5.41, 5.74) is 2.46. The number of hydrogen-bond acceptors (Lipinski definition) is 5. The Hall–Kier alpha value is -2.71. The summed E-state index contributed by atoms with van der Waals surface area (Å²) in [7, 11) is -2.47. The molecule has 1 aliphatic carbocycles. The highest BCUT2D eigenvalue weighted by atomic mass is 32.2. The molecule has 4 rings (SSSR count). The smallest absolute Gasteiger partial charge is 0.244 e. The molecule has 1 saturated heterocycles. The lowest BCUT2D eigenvalue weighted by atomic mass is 9.81. The Bertz CT molecular complexity index is 1120. The molecule has 1 N–H and O–H groups in total. The molecular weight excluding hydrogens is 428 g/mol. The van der Waals surface area contributed by atoms with Crippen molar-refractivity contribution in [1.82, 2.24) is 9.62 Å². The Balaban J connectivity index is 1.56. The molecule has 170 valence electrons. The maximum Gasteiger partial charge on any atom is 0.244 e. The Morgan fingerprint density at radius 2 is 1.69 bits per heavy atom. The maximum absolute atomic E-state index is 13.1. The topological polar surface area (TPSA) is 92.8 Å². The van der Waals surface area contributed by atoms with E-state index in [2.05, 4.69) is 4.72 Å². The minimum Gasteiger partial charge on any atom is -0.495 e. The van der Waals surface area contributed by atoms with Gasteiger partial charge in [-0.3, -0.25) is 14.5 Å². The molecule has 0 bridgehead atoms. The van der Waals surface area contributed by atoms with Gasteiger partial charge in [0.15, 0.2) is 0 Å². The molecule has 32 heavy (non-hydrogen) atoms. The number of carbonyl (C=O) groups is 2. The summed E-state index contributed by atoms with van der Waals surface area (Å²) >= 11 is 0. The molecule has 0 spiro atoms. The van der Waals surface area contributed by atoms with Crippen molar-refractivity contribution >= 4 is 21.8 Å². The number of nitrogens with zero attached hydrogens (tertiary/aromatic N) is 1. The van der Waals surface area contributed by atoms with Gasteiger partial charge in [0.1, 0.15) is 10.6 Å². The maximum atomic E-state index is 13.1. The lowest BCUT2D eigenvalue weighted by Crippen LogP contribution is -2.30. The molecule has 0 radical (unpaired) electrons. The van der Waals surface area contributed by atoms with Crippen molar-refractivity contribution in [1.29, 1.82) is 0 Å². The molecule has 1 saturated carbocycles. The number of amides is 2. The Labute approximate surface area is 188 Å². The Kier molecular flexibility index (Phi) is 6.35. The fraction of sp³-hybridized carbons (Fsp3) is 0.417. The first-order chi connectivity index (χ1) is 15.3. The van der Waals surface area contributed by atoms with E-state index in [9.17, 15) is 18.0 Å². The predicted octanol–water partition coefficient (Wildman–Crippen LogP) is 3.16. The molecule has 2 aliphatic rings. The van der Waals surface area contributed by atoms with Gasteiger partial charge in [-0.05, 0) is 43.0 Å². The normalized spacial score (nSPS) is 21.0. The summed E-state index contributed by atoms with van der Waals surface area (Å²) < 4.78 is 34.0. The lowest BCUT2D eigenvalue weighted by Gasteiger charge is -2.19. The van der Waals surface area contributed by atoms with Crippen molar-refractivity contribution in [3.05, 3.63) is 59.2 Å². The van der Waals surface area contributed by atoms with Gasteiger partial charge in [0.05, 0.1) is 25.5 Å². The van der Waals surface area contributed by atoms with Crippen LogP contribution in [0.15, 0.2) is 47.4 Å². The number of nitrogens with one attached hydrogen (secondary N) is 1. The van der Waals surface area contributed by atoms with Gasteiger partial charge in [-0.25, -0.2) is 13.1 Å². The SMILES string of the molecule is COc1ccc(CN2C(=O)[C@H]3CCCC[C@@H]3C2=O)cc1S(=O)(=O)NCc1cccc(C)c1. The summed E-state index contributed by atoms with van der Waals surface area (Å²) in [5, 5.41) is 0. The first kappa shape index (κ1) is 22.5. The quantitative estimate of drug-likeness (QED) is 0.646. The summed E-state index contributed by atoms with van der Waals surface area (Å²) in [5.74, 6) is -0.532. The molecule has 1 heterocycles. The van der Waals surface area contributed by atoms with Crippen LogP contribution in [-0.4, -0.2) is 32.2 Å². The summed E-state index contributed by atoms with van der Waals surface area (Å²) in [6.07, 6.45) is 3.42. The molecule has 2 aromatic rings. The van der Waals surface area contributed by atoms with E-state index in [4.69, 9.17) is 4.74 Å². The number of methoxy groups -OCH3 is 1. The second kappa shape index (κ2) is 9.03. The van der Waals surface area contributed by atoms with E-state index in [1.807, 2.05) is 31.2 Å². The fourth-order valence-corrected chi connectivity index (χ4v) is 5.91. The minimum atomic E-state index is -3.88. The van der Waals surface area contributed by atoms with Crippen LogP contribution >= 0.6 is 0 Å². The minimum absolute atomic E-state index is 0.0123. The third-order valence-electron chi connectivity index (χ3n) is 6.34. The first-order valence-corrected chi connectivity index (χ1v) is 12.4. The number of aryl methyl sites for hydroxylation is 1. The van der Waals surface area contributed by atoms with Gasteiger partial charge in [-0.15, -0.1) is 0 Å². The number of sulfonamides is 1. The van der Waals surface area contributed by atoms with Crippen molar-refractivity contribution < 1.29 is 22.7 Å². The molecule has 0 aromatic heterocycles. The zero-order valence-corrected chi connectivity index (χ0v) is 19.2. The highest BCUT2D eigenvalue weighted by Crippen LogP contribution is 2.39. The van der Waals surface area contributed by atoms with Gasteiger partial charge in [0.2, 0.25) is 21.8 Å². The van der Waals surface area contributed by atoms with Crippen molar-refractivity contribution in [3.63, 3.8) is 0 Å². The van der Waals surface area contributed by atoms with Crippen LogP contribution in [0.1, 0.15) is 42.4 Å². The number of rotatable bonds is 7. The van der Waals surface area contributed by atoms with Crippen molar-refractivity contribution in [2.45, 2.75) is 50.6 Å². The van der Waals surface area contributed by atoms with Gasteiger partial charge in [0, 0.05) is 6.54 Å². The number of benzene rings is 2. The van der Waals surface area contributed by atoms with Crippen LogP contribution in [-0.2, 0) is 32.7 Å². The third kappa shape index (κ3) is 4.42. The first-order valence-electron chi connectivity index (χ1n) is 10.9. The molecule has 2 aromatic carbocycles. The second-order valence-corrected chi connectivity index (χ2v) is 10.3. The molecule has 2 atom stereocenters. The number of likely N-dealkylation sites (tertiary alicyclic amines) is 1. The Morgan fingerprint density at radius 3 is 2.31 bits per heavy atom. The van der Waals surface area contributed by atoms with E-state index >= 15 is 0 Å². The number of hydrogen-bond donors (Lipinski definition) is 1. The van der Waals surface area contributed by atoms with Gasteiger partial charge in [-0.1, -0.05) is 48.7 Å². The van der Waals surface area contributed by atoms with E-state index in [1.54, 1.807) is 12.1 Å². The zero-order chi connectivity index (χ0) is 22.9. The average molecular weight is 457 g/mol. The molecular formula is C24H28N2O5S. The van der Waals surface area contributed by atoms with Gasteiger partial charge >= 0.3 is 0 Å². The van der Waals surface area contributed by atoms with Gasteiger partial charge < -0.3 is 4.74 Å². The van der Waals surface area contributed by atoms with E-state index in [1.165, 1.54) is 18.1 Å². The highest BCUT2D eigenvalue weighted by molar-refractivity contribution is 7.89. The summed E-state index contributed by atoms with van der Waals surface area (Å²) in [4.78, 5) is 26.9. The molecule has 2 fully saturated rings. The number of ether oxygens (including phenoxy) is 1. The van der Waals surface area contributed by atoms with Crippen LogP contribution in [0, 0.1) is 18.8 Å². The van der Waals surface area contributed by atoms with Crippen molar-refractivity contribution in [2.24, 2.45) is 11.8 Å². The Morgan fingerprint density at radius 1 is 1.00 bits per heavy atom. The predicted molar refractivity (Wildman–Crippen MR) is 119 cm³/mol.